The Kier molecular flexibility index (Phi) is 3.26. The lowest BCUT2D eigenvalue weighted by Crippen LogP contribution is -2.18. The van der Waals surface area contributed by atoms with Crippen molar-refractivity contribution in [3.05, 3.63) is 11.3 Å². The van der Waals surface area contributed by atoms with Crippen LogP contribution < -0.4 is 0 Å². The summed E-state index contributed by atoms with van der Waals surface area (Å²) in [6, 6.07) is 0. The maximum atomic E-state index is 11.4. The van der Waals surface area contributed by atoms with Crippen molar-refractivity contribution in [3.63, 3.8) is 0 Å². The van der Waals surface area contributed by atoms with Crippen molar-refractivity contribution in [3.8, 4) is 0 Å². The molecule has 1 aliphatic rings. The molecule has 12 heavy (non-hydrogen) atoms. The lowest BCUT2D eigenvalue weighted by atomic mass is 9.61. The van der Waals surface area contributed by atoms with Crippen LogP contribution in [0, 0.1) is 0 Å². The minimum Gasteiger partial charge on any atom is -0.307 e. The van der Waals surface area contributed by atoms with Gasteiger partial charge in [0.05, 0.1) is 0 Å². The Balaban J connectivity index is 2.94. The average molecular weight is 163 g/mol. The summed E-state index contributed by atoms with van der Waals surface area (Å²) >= 11 is 0. The van der Waals surface area contributed by atoms with E-state index < -0.39 is 0 Å². The van der Waals surface area contributed by atoms with E-state index >= 15 is 0 Å². The van der Waals surface area contributed by atoms with Crippen molar-refractivity contribution < 1.29 is 4.79 Å². The Morgan fingerprint density at radius 3 is 3.00 bits per heavy atom. The molecule has 0 bridgehead atoms. The summed E-state index contributed by atoms with van der Waals surface area (Å²) in [5.41, 5.74) is 2.25. The maximum Gasteiger partial charge on any atom is 0.211 e. The first-order valence-electron chi connectivity index (χ1n) is 4.53. The second-order valence-corrected chi connectivity index (χ2v) is 2.94. The van der Waals surface area contributed by atoms with Crippen LogP contribution in [0.2, 0.25) is 6.32 Å². The molecule has 0 fully saturated rings. The fourth-order valence-electron chi connectivity index (χ4n) is 1.58. The van der Waals surface area contributed by atoms with Crippen molar-refractivity contribution in [2.75, 3.05) is 0 Å². The van der Waals surface area contributed by atoms with E-state index in [4.69, 9.17) is 0 Å². The van der Waals surface area contributed by atoms with Crippen molar-refractivity contribution in [1.82, 2.24) is 0 Å². The van der Waals surface area contributed by atoms with Gasteiger partial charge in [-0.1, -0.05) is 13.2 Å². The lowest BCUT2D eigenvalue weighted by Gasteiger charge is -2.13. The Morgan fingerprint density at radius 1 is 1.67 bits per heavy atom. The Labute approximate surface area is 74.0 Å². The first kappa shape index (κ1) is 9.23. The van der Waals surface area contributed by atoms with Crippen LogP contribution in [-0.4, -0.2) is 19.2 Å². The number of allylic oxidation sites excluding steroid dienone is 2. The number of rotatable bonds is 2. The first-order chi connectivity index (χ1) is 5.79. The average Bonchev–Trinajstić information content (AvgIpc) is 2.05. The zero-order valence-corrected chi connectivity index (χ0v) is 7.76. The Bertz CT molecular complexity index is 243. The van der Waals surface area contributed by atoms with Crippen LogP contribution >= 0.6 is 0 Å². The van der Waals surface area contributed by atoms with Crippen LogP contribution in [0.5, 0.6) is 0 Å². The third-order valence-corrected chi connectivity index (χ3v) is 2.14. The van der Waals surface area contributed by atoms with Crippen LogP contribution in [0.15, 0.2) is 16.3 Å². The van der Waals surface area contributed by atoms with E-state index in [1.807, 2.05) is 13.8 Å². The third-order valence-electron chi connectivity index (χ3n) is 2.14. The van der Waals surface area contributed by atoms with Gasteiger partial charge in [0, 0.05) is 17.5 Å². The molecule has 0 unspecified atom stereocenters. The topological polar surface area (TPSA) is 29.4 Å². The summed E-state index contributed by atoms with van der Waals surface area (Å²) in [4.78, 5) is 15.6. The highest BCUT2D eigenvalue weighted by Gasteiger charge is 2.18. The van der Waals surface area contributed by atoms with Gasteiger partial charge in [0.1, 0.15) is 5.68 Å². The molecule has 0 aromatic rings. The number of nitrogens with zero attached hydrogens (tertiary/aromatic N) is 1. The number of aliphatic imine (C=N–C) groups is 1. The zero-order valence-electron chi connectivity index (χ0n) is 7.76. The van der Waals surface area contributed by atoms with E-state index in [2.05, 4.69) is 4.99 Å². The van der Waals surface area contributed by atoms with Crippen molar-refractivity contribution >= 4 is 19.2 Å². The first-order valence-corrected chi connectivity index (χ1v) is 4.53. The molecule has 0 amide bonds. The molecule has 1 heterocycles. The number of carbonyl (C=O) groups is 1. The second-order valence-electron chi connectivity index (χ2n) is 2.94. The molecular weight excluding hydrogens is 149 g/mol. The van der Waals surface area contributed by atoms with Gasteiger partial charge in [-0.2, -0.15) is 0 Å². The highest BCUT2D eigenvalue weighted by Crippen LogP contribution is 2.21. The van der Waals surface area contributed by atoms with Gasteiger partial charge in [-0.25, -0.2) is 0 Å². The highest BCUT2D eigenvalue weighted by molar-refractivity contribution is 6.77. The summed E-state index contributed by atoms with van der Waals surface area (Å²) in [6.45, 7) is 3.91. The number of hydrogen-bond acceptors (Lipinski definition) is 2. The molecule has 0 saturated carbocycles. The SMILES string of the molecule is C/C=N\C1=C(CC)C(=O)BCC1. The quantitative estimate of drug-likeness (QED) is 0.448. The molecule has 0 atom stereocenters. The van der Waals surface area contributed by atoms with Gasteiger partial charge in [0.25, 0.3) is 0 Å². The second kappa shape index (κ2) is 4.24. The molecule has 1 rings (SSSR count). The fraction of sp³-hybridized carbons (Fsp3) is 0.556. The predicted molar refractivity (Wildman–Crippen MR) is 53.1 cm³/mol. The minimum atomic E-state index is 0.296. The van der Waals surface area contributed by atoms with Crippen LogP contribution in [0.25, 0.3) is 0 Å². The maximum absolute atomic E-state index is 11.4. The summed E-state index contributed by atoms with van der Waals surface area (Å²) in [5.74, 6) is 0. The third kappa shape index (κ3) is 1.84. The van der Waals surface area contributed by atoms with Crippen LogP contribution in [0.1, 0.15) is 26.7 Å². The molecule has 0 saturated heterocycles. The molecule has 0 N–H and O–H groups in total. The van der Waals surface area contributed by atoms with E-state index in [0.717, 1.165) is 30.4 Å². The van der Waals surface area contributed by atoms with Crippen LogP contribution in [0.4, 0.5) is 0 Å². The highest BCUT2D eigenvalue weighted by atomic mass is 16.1. The molecular formula is C9H14BNO. The van der Waals surface area contributed by atoms with E-state index in [1.165, 1.54) is 0 Å². The monoisotopic (exact) mass is 163 g/mol. The Morgan fingerprint density at radius 2 is 2.42 bits per heavy atom. The van der Waals surface area contributed by atoms with Gasteiger partial charge < -0.3 is 4.79 Å². The van der Waals surface area contributed by atoms with Gasteiger partial charge >= 0.3 is 0 Å². The molecule has 0 spiro atoms. The largest absolute Gasteiger partial charge is 0.307 e. The summed E-state index contributed by atoms with van der Waals surface area (Å²) in [6.07, 6.45) is 4.53. The smallest absolute Gasteiger partial charge is 0.211 e. The fourth-order valence-corrected chi connectivity index (χ4v) is 1.58. The Hall–Kier alpha value is -0.855. The van der Waals surface area contributed by atoms with E-state index in [-0.39, 0.29) is 0 Å². The molecule has 64 valence electrons. The molecule has 3 heteroatoms. The summed E-state index contributed by atoms with van der Waals surface area (Å²) in [7, 11) is 0.714. The van der Waals surface area contributed by atoms with Crippen molar-refractivity contribution in [2.24, 2.45) is 4.99 Å². The van der Waals surface area contributed by atoms with Gasteiger partial charge in [0.2, 0.25) is 7.28 Å². The minimum absolute atomic E-state index is 0.296. The van der Waals surface area contributed by atoms with Gasteiger partial charge in [0.15, 0.2) is 0 Å². The van der Waals surface area contributed by atoms with E-state index in [9.17, 15) is 4.79 Å². The molecule has 1 aliphatic heterocycles. The van der Waals surface area contributed by atoms with Crippen molar-refractivity contribution in [1.29, 1.82) is 0 Å². The van der Waals surface area contributed by atoms with Crippen LogP contribution in [-0.2, 0) is 4.79 Å². The zero-order chi connectivity index (χ0) is 8.97. The van der Waals surface area contributed by atoms with Gasteiger partial charge in [-0.15, -0.1) is 0 Å². The standard InChI is InChI=1S/C9H14BNO/c1-3-7-8(11-4-2)5-6-10-9(7)12/h4,10H,3,5-6H2,1-2H3/b11-4-. The molecule has 0 aromatic carbocycles. The van der Waals surface area contributed by atoms with E-state index in [0.29, 0.717) is 13.0 Å². The molecule has 0 radical (unpaired) electrons. The predicted octanol–water partition coefficient (Wildman–Crippen LogP) is 1.53. The number of hydrogen-bond donors (Lipinski definition) is 0. The van der Waals surface area contributed by atoms with E-state index in [1.54, 1.807) is 6.21 Å². The normalized spacial score (nSPS) is 18.7. The van der Waals surface area contributed by atoms with Crippen LogP contribution in [0.3, 0.4) is 0 Å². The summed E-state index contributed by atoms with van der Waals surface area (Å²) in [5, 5.41) is 0. The molecule has 2 nitrogen and oxygen atoms in total. The molecule has 0 aromatic heterocycles. The summed E-state index contributed by atoms with van der Waals surface area (Å²) < 4.78 is 0. The molecule has 0 aliphatic carbocycles. The van der Waals surface area contributed by atoms with Gasteiger partial charge in [-0.3, -0.25) is 4.99 Å². The van der Waals surface area contributed by atoms with Crippen molar-refractivity contribution in [2.45, 2.75) is 33.0 Å². The lowest BCUT2D eigenvalue weighted by molar-refractivity contribution is -0.109. The van der Waals surface area contributed by atoms with Gasteiger partial charge in [-0.05, 0) is 19.8 Å². The number of carbonyl (C=O) groups excluding carboxylic acids is 1.